The van der Waals surface area contributed by atoms with Gasteiger partial charge in [0.2, 0.25) is 0 Å². The van der Waals surface area contributed by atoms with Crippen LogP contribution in [-0.2, 0) is 12.0 Å². The number of aromatic nitrogens is 5. The van der Waals surface area contributed by atoms with E-state index < -0.39 is 5.54 Å². The Morgan fingerprint density at radius 2 is 1.89 bits per heavy atom. The summed E-state index contributed by atoms with van der Waals surface area (Å²) in [6, 6.07) is 14.7. The van der Waals surface area contributed by atoms with Crippen LogP contribution in [0.25, 0.3) is 0 Å². The molecule has 2 N–H and O–H groups in total. The average molecular weight is 377 g/mol. The fourth-order valence-corrected chi connectivity index (χ4v) is 4.38. The lowest BCUT2D eigenvalue weighted by Gasteiger charge is -2.36. The monoisotopic (exact) mass is 376 g/mol. The molecule has 3 aromatic rings. The highest BCUT2D eigenvalue weighted by atomic mass is 15.6. The molecular weight excluding hydrogens is 348 g/mol. The smallest absolute Gasteiger partial charge is 0.156 e. The molecule has 2 atom stereocenters. The SMILES string of the molecule is CC(c1nnnn1C1CCCCC1)C(N)(Cc1ccccc1)c1cccnc1. The first-order chi connectivity index (χ1) is 13.7. The van der Waals surface area contributed by atoms with Gasteiger partial charge in [-0.2, -0.15) is 0 Å². The predicted molar refractivity (Wildman–Crippen MR) is 109 cm³/mol. The van der Waals surface area contributed by atoms with Gasteiger partial charge in [0.15, 0.2) is 5.82 Å². The lowest BCUT2D eigenvalue weighted by molar-refractivity contribution is 0.288. The zero-order valence-corrected chi connectivity index (χ0v) is 16.4. The zero-order chi connectivity index (χ0) is 19.4. The molecule has 0 amide bonds. The molecule has 1 aliphatic carbocycles. The summed E-state index contributed by atoms with van der Waals surface area (Å²) >= 11 is 0. The van der Waals surface area contributed by atoms with E-state index in [0.717, 1.165) is 24.2 Å². The molecule has 0 saturated heterocycles. The Bertz CT molecular complexity index is 872. The Morgan fingerprint density at radius 1 is 1.11 bits per heavy atom. The minimum absolute atomic E-state index is 0.0613. The van der Waals surface area contributed by atoms with Crippen LogP contribution in [0.15, 0.2) is 54.9 Å². The molecule has 28 heavy (non-hydrogen) atoms. The van der Waals surface area contributed by atoms with Crippen molar-refractivity contribution in [2.75, 3.05) is 0 Å². The van der Waals surface area contributed by atoms with Gasteiger partial charge in [0.05, 0.1) is 11.6 Å². The first kappa shape index (κ1) is 18.7. The third-order valence-electron chi connectivity index (χ3n) is 6.14. The maximum Gasteiger partial charge on any atom is 0.156 e. The first-order valence-electron chi connectivity index (χ1n) is 10.2. The van der Waals surface area contributed by atoms with Gasteiger partial charge in [0.1, 0.15) is 0 Å². The minimum atomic E-state index is -0.656. The van der Waals surface area contributed by atoms with E-state index in [-0.39, 0.29) is 5.92 Å². The third-order valence-corrected chi connectivity index (χ3v) is 6.14. The van der Waals surface area contributed by atoms with E-state index in [2.05, 4.69) is 57.8 Å². The molecule has 0 spiro atoms. The van der Waals surface area contributed by atoms with Crippen molar-refractivity contribution in [2.24, 2.45) is 5.73 Å². The number of tetrazole rings is 1. The zero-order valence-electron chi connectivity index (χ0n) is 16.4. The van der Waals surface area contributed by atoms with E-state index in [1.54, 1.807) is 6.20 Å². The Balaban J connectivity index is 1.72. The van der Waals surface area contributed by atoms with Crippen molar-refractivity contribution in [2.45, 2.75) is 62.9 Å². The average Bonchev–Trinajstić information content (AvgIpc) is 3.25. The number of nitrogens with two attached hydrogens (primary N) is 1. The largest absolute Gasteiger partial charge is 0.320 e. The van der Waals surface area contributed by atoms with E-state index in [9.17, 15) is 0 Å². The summed E-state index contributed by atoms with van der Waals surface area (Å²) in [5, 5.41) is 12.8. The lowest BCUT2D eigenvalue weighted by atomic mass is 9.75. The molecule has 1 saturated carbocycles. The molecule has 1 fully saturated rings. The van der Waals surface area contributed by atoms with E-state index in [4.69, 9.17) is 5.73 Å². The van der Waals surface area contributed by atoms with E-state index in [0.29, 0.717) is 12.5 Å². The topological polar surface area (TPSA) is 82.5 Å². The normalized spacial score (nSPS) is 18.5. The highest BCUT2D eigenvalue weighted by molar-refractivity contribution is 5.30. The standard InChI is InChI=1S/C22H28N6/c1-17(21-25-26-27-28(21)20-12-6-3-7-13-20)22(23,19-11-8-14-24-16-19)15-18-9-4-2-5-10-18/h2,4-5,8-11,14,16-17,20H,3,6-7,12-13,15,23H2,1H3. The summed E-state index contributed by atoms with van der Waals surface area (Å²) in [5.41, 5.74) is 8.68. The van der Waals surface area contributed by atoms with Crippen LogP contribution in [0.5, 0.6) is 0 Å². The Kier molecular flexibility index (Phi) is 5.48. The van der Waals surface area contributed by atoms with Crippen LogP contribution in [0.4, 0.5) is 0 Å². The van der Waals surface area contributed by atoms with E-state index in [1.165, 1.54) is 24.8 Å². The molecule has 0 radical (unpaired) electrons. The van der Waals surface area contributed by atoms with Crippen molar-refractivity contribution in [1.82, 2.24) is 25.2 Å². The van der Waals surface area contributed by atoms with Gasteiger partial charge in [-0.15, -0.1) is 5.10 Å². The van der Waals surface area contributed by atoms with Crippen molar-refractivity contribution in [3.05, 3.63) is 71.8 Å². The van der Waals surface area contributed by atoms with Gasteiger partial charge in [-0.25, -0.2) is 4.68 Å². The van der Waals surface area contributed by atoms with E-state index in [1.807, 2.05) is 23.0 Å². The highest BCUT2D eigenvalue weighted by Crippen LogP contribution is 2.38. The van der Waals surface area contributed by atoms with Gasteiger partial charge >= 0.3 is 0 Å². The summed E-state index contributed by atoms with van der Waals surface area (Å²) in [6.45, 7) is 2.14. The predicted octanol–water partition coefficient (Wildman–Crippen LogP) is 3.77. The second-order valence-corrected chi connectivity index (χ2v) is 7.94. The Hall–Kier alpha value is -2.60. The highest BCUT2D eigenvalue weighted by Gasteiger charge is 2.39. The number of rotatable bonds is 6. The van der Waals surface area contributed by atoms with Crippen LogP contribution in [-0.4, -0.2) is 25.2 Å². The lowest BCUT2D eigenvalue weighted by Crippen LogP contribution is -2.45. The van der Waals surface area contributed by atoms with Crippen molar-refractivity contribution in [3.63, 3.8) is 0 Å². The van der Waals surface area contributed by atoms with Crippen LogP contribution in [0.1, 0.15) is 67.9 Å². The fourth-order valence-electron chi connectivity index (χ4n) is 4.38. The van der Waals surface area contributed by atoms with Gasteiger partial charge in [-0.05, 0) is 46.9 Å². The molecule has 2 aromatic heterocycles. The van der Waals surface area contributed by atoms with Crippen LogP contribution in [0, 0.1) is 0 Å². The number of nitrogens with zero attached hydrogens (tertiary/aromatic N) is 5. The molecule has 2 heterocycles. The van der Waals surface area contributed by atoms with Crippen molar-refractivity contribution in [1.29, 1.82) is 0 Å². The molecule has 146 valence electrons. The second kappa shape index (κ2) is 8.19. The maximum absolute atomic E-state index is 7.14. The van der Waals surface area contributed by atoms with Crippen molar-refractivity contribution < 1.29 is 0 Å². The van der Waals surface area contributed by atoms with E-state index >= 15 is 0 Å². The van der Waals surface area contributed by atoms with Crippen molar-refractivity contribution >= 4 is 0 Å². The molecule has 2 unspecified atom stereocenters. The molecule has 0 aliphatic heterocycles. The molecule has 1 aromatic carbocycles. The maximum atomic E-state index is 7.14. The molecular formula is C22H28N6. The third kappa shape index (κ3) is 3.69. The van der Waals surface area contributed by atoms with Crippen LogP contribution >= 0.6 is 0 Å². The summed E-state index contributed by atoms with van der Waals surface area (Å²) in [7, 11) is 0. The second-order valence-electron chi connectivity index (χ2n) is 7.94. The van der Waals surface area contributed by atoms with Gasteiger partial charge in [0, 0.05) is 18.3 Å². The molecule has 4 rings (SSSR count). The van der Waals surface area contributed by atoms with Gasteiger partial charge in [0.25, 0.3) is 0 Å². The Morgan fingerprint density at radius 3 is 2.61 bits per heavy atom. The fraction of sp³-hybridized carbons (Fsp3) is 0.455. The van der Waals surface area contributed by atoms with Crippen LogP contribution < -0.4 is 5.73 Å². The first-order valence-corrected chi connectivity index (χ1v) is 10.2. The summed E-state index contributed by atoms with van der Waals surface area (Å²) in [5.74, 6) is 0.808. The number of benzene rings is 1. The Labute approximate surface area is 166 Å². The van der Waals surface area contributed by atoms with Gasteiger partial charge in [-0.3, -0.25) is 4.98 Å². The van der Waals surface area contributed by atoms with Crippen molar-refractivity contribution in [3.8, 4) is 0 Å². The summed E-state index contributed by atoms with van der Waals surface area (Å²) in [6.07, 6.45) is 10.4. The minimum Gasteiger partial charge on any atom is -0.320 e. The molecule has 6 nitrogen and oxygen atoms in total. The number of hydrogen-bond acceptors (Lipinski definition) is 5. The summed E-state index contributed by atoms with van der Waals surface area (Å²) < 4.78 is 2.03. The molecule has 0 bridgehead atoms. The van der Waals surface area contributed by atoms with Gasteiger partial charge < -0.3 is 5.73 Å². The van der Waals surface area contributed by atoms with Crippen LogP contribution in [0.2, 0.25) is 0 Å². The molecule has 6 heteroatoms. The van der Waals surface area contributed by atoms with Crippen LogP contribution in [0.3, 0.4) is 0 Å². The number of pyridine rings is 1. The number of hydrogen-bond donors (Lipinski definition) is 1. The molecule has 1 aliphatic rings. The summed E-state index contributed by atoms with van der Waals surface area (Å²) in [4.78, 5) is 4.33. The quantitative estimate of drug-likeness (QED) is 0.708. The van der Waals surface area contributed by atoms with Gasteiger partial charge in [-0.1, -0.05) is 62.6 Å².